The molecular formula is C13H21N3OS. The van der Waals surface area contributed by atoms with Crippen molar-refractivity contribution in [3.8, 4) is 0 Å². The van der Waals surface area contributed by atoms with E-state index in [1.165, 1.54) is 12.8 Å². The first-order chi connectivity index (χ1) is 8.74. The van der Waals surface area contributed by atoms with Crippen LogP contribution in [0.1, 0.15) is 36.4 Å². The van der Waals surface area contributed by atoms with Gasteiger partial charge in [-0.05, 0) is 45.2 Å². The van der Waals surface area contributed by atoms with Crippen LogP contribution in [-0.2, 0) is 11.3 Å². The third-order valence-corrected chi connectivity index (χ3v) is 4.19. The molecule has 1 amide bonds. The monoisotopic (exact) mass is 267 g/mol. The van der Waals surface area contributed by atoms with E-state index >= 15 is 0 Å². The third kappa shape index (κ3) is 4.38. The average molecular weight is 267 g/mol. The SMILES string of the molecule is Cc1nc(CNC(=O)CCC2CCNCC2)cs1. The van der Waals surface area contributed by atoms with E-state index in [0.717, 1.165) is 36.1 Å². The second-order valence-corrected chi connectivity index (χ2v) is 5.93. The molecular weight excluding hydrogens is 246 g/mol. The van der Waals surface area contributed by atoms with Crippen LogP contribution >= 0.6 is 11.3 Å². The number of nitrogens with zero attached hydrogens (tertiary/aromatic N) is 1. The van der Waals surface area contributed by atoms with Crippen LogP contribution in [0.3, 0.4) is 0 Å². The summed E-state index contributed by atoms with van der Waals surface area (Å²) in [6.45, 7) is 4.75. The molecule has 0 aromatic carbocycles. The summed E-state index contributed by atoms with van der Waals surface area (Å²) in [5, 5.41) is 9.34. The Morgan fingerprint density at radius 2 is 2.33 bits per heavy atom. The fraction of sp³-hybridized carbons (Fsp3) is 0.692. The van der Waals surface area contributed by atoms with Gasteiger partial charge in [0.1, 0.15) is 0 Å². The molecule has 2 rings (SSSR count). The number of nitrogens with one attached hydrogen (secondary N) is 2. The van der Waals surface area contributed by atoms with Crippen LogP contribution in [0.25, 0.3) is 0 Å². The van der Waals surface area contributed by atoms with Crippen LogP contribution in [0.15, 0.2) is 5.38 Å². The maximum Gasteiger partial charge on any atom is 0.220 e. The van der Waals surface area contributed by atoms with Gasteiger partial charge in [-0.2, -0.15) is 0 Å². The molecule has 1 aliphatic heterocycles. The van der Waals surface area contributed by atoms with Crippen molar-refractivity contribution < 1.29 is 4.79 Å². The fourth-order valence-corrected chi connectivity index (χ4v) is 2.89. The van der Waals surface area contributed by atoms with Crippen molar-refractivity contribution in [1.82, 2.24) is 15.6 Å². The van der Waals surface area contributed by atoms with E-state index < -0.39 is 0 Å². The van der Waals surface area contributed by atoms with Crippen LogP contribution in [0.2, 0.25) is 0 Å². The highest BCUT2D eigenvalue weighted by Gasteiger charge is 2.14. The standard InChI is InChI=1S/C13H21N3OS/c1-10-16-12(9-18-10)8-15-13(17)3-2-11-4-6-14-7-5-11/h9,11,14H,2-8H2,1H3,(H,15,17). The molecule has 1 aromatic rings. The molecule has 18 heavy (non-hydrogen) atoms. The first-order valence-corrected chi connectivity index (χ1v) is 7.50. The Hall–Kier alpha value is -0.940. The average Bonchev–Trinajstić information content (AvgIpc) is 2.81. The van der Waals surface area contributed by atoms with Crippen molar-refractivity contribution in [3.63, 3.8) is 0 Å². The highest BCUT2D eigenvalue weighted by molar-refractivity contribution is 7.09. The van der Waals surface area contributed by atoms with Crippen LogP contribution in [0, 0.1) is 12.8 Å². The molecule has 2 N–H and O–H groups in total. The lowest BCUT2D eigenvalue weighted by atomic mass is 9.93. The summed E-state index contributed by atoms with van der Waals surface area (Å²) in [7, 11) is 0. The van der Waals surface area contributed by atoms with E-state index in [2.05, 4.69) is 15.6 Å². The molecule has 1 aliphatic rings. The second kappa shape index (κ2) is 6.85. The molecule has 0 aliphatic carbocycles. The van der Waals surface area contributed by atoms with Gasteiger partial charge in [-0.3, -0.25) is 4.79 Å². The van der Waals surface area contributed by atoms with Gasteiger partial charge in [0.25, 0.3) is 0 Å². The number of piperidine rings is 1. The van der Waals surface area contributed by atoms with Gasteiger partial charge in [0.2, 0.25) is 5.91 Å². The molecule has 1 aromatic heterocycles. The first kappa shape index (κ1) is 13.5. The lowest BCUT2D eigenvalue weighted by Crippen LogP contribution is -2.29. The van der Waals surface area contributed by atoms with Crippen molar-refractivity contribution in [2.24, 2.45) is 5.92 Å². The molecule has 0 radical (unpaired) electrons. The van der Waals surface area contributed by atoms with Gasteiger partial charge in [-0.15, -0.1) is 11.3 Å². The van der Waals surface area contributed by atoms with Crippen LogP contribution in [0.4, 0.5) is 0 Å². The van der Waals surface area contributed by atoms with Crippen LogP contribution in [-0.4, -0.2) is 24.0 Å². The van der Waals surface area contributed by atoms with Gasteiger partial charge in [-0.1, -0.05) is 0 Å². The number of aryl methyl sites for hydroxylation is 1. The van der Waals surface area contributed by atoms with Crippen LogP contribution in [0.5, 0.6) is 0 Å². The minimum Gasteiger partial charge on any atom is -0.350 e. The zero-order valence-corrected chi connectivity index (χ0v) is 11.7. The first-order valence-electron chi connectivity index (χ1n) is 6.62. The smallest absolute Gasteiger partial charge is 0.220 e. The molecule has 0 atom stereocenters. The van der Waals surface area contributed by atoms with E-state index in [-0.39, 0.29) is 5.91 Å². The second-order valence-electron chi connectivity index (χ2n) is 4.87. The number of thiazole rings is 1. The van der Waals surface area contributed by atoms with Crippen LogP contribution < -0.4 is 10.6 Å². The van der Waals surface area contributed by atoms with E-state index in [9.17, 15) is 4.79 Å². The van der Waals surface area contributed by atoms with Gasteiger partial charge in [0, 0.05) is 11.8 Å². The Bertz CT molecular complexity index is 385. The zero-order valence-electron chi connectivity index (χ0n) is 10.9. The maximum atomic E-state index is 11.7. The van der Waals surface area contributed by atoms with E-state index in [1.807, 2.05) is 12.3 Å². The van der Waals surface area contributed by atoms with Gasteiger partial charge >= 0.3 is 0 Å². The third-order valence-electron chi connectivity index (χ3n) is 3.37. The largest absolute Gasteiger partial charge is 0.350 e. The van der Waals surface area contributed by atoms with E-state index in [4.69, 9.17) is 0 Å². The highest BCUT2D eigenvalue weighted by atomic mass is 32.1. The number of carbonyl (C=O) groups is 1. The molecule has 1 fully saturated rings. The number of rotatable bonds is 5. The van der Waals surface area contributed by atoms with Crippen molar-refractivity contribution >= 4 is 17.2 Å². The van der Waals surface area contributed by atoms with Gasteiger partial charge in [0.15, 0.2) is 0 Å². The molecule has 0 saturated carbocycles. The van der Waals surface area contributed by atoms with Crippen molar-refractivity contribution in [2.45, 2.75) is 39.2 Å². The molecule has 5 heteroatoms. The van der Waals surface area contributed by atoms with E-state index in [1.54, 1.807) is 11.3 Å². The zero-order chi connectivity index (χ0) is 12.8. The molecule has 100 valence electrons. The number of hydrogen-bond acceptors (Lipinski definition) is 4. The van der Waals surface area contributed by atoms with Gasteiger partial charge < -0.3 is 10.6 Å². The Morgan fingerprint density at radius 1 is 1.56 bits per heavy atom. The van der Waals surface area contributed by atoms with Gasteiger partial charge in [-0.25, -0.2) is 4.98 Å². The summed E-state index contributed by atoms with van der Waals surface area (Å²) < 4.78 is 0. The highest BCUT2D eigenvalue weighted by Crippen LogP contribution is 2.17. The minimum atomic E-state index is 0.152. The lowest BCUT2D eigenvalue weighted by Gasteiger charge is -2.22. The maximum absolute atomic E-state index is 11.7. The summed E-state index contributed by atoms with van der Waals surface area (Å²) in [4.78, 5) is 16.0. The topological polar surface area (TPSA) is 54.0 Å². The number of hydrogen-bond donors (Lipinski definition) is 2. The summed E-state index contributed by atoms with van der Waals surface area (Å²) >= 11 is 1.62. The summed E-state index contributed by atoms with van der Waals surface area (Å²) in [6.07, 6.45) is 4.08. The summed E-state index contributed by atoms with van der Waals surface area (Å²) in [5.41, 5.74) is 0.965. The minimum absolute atomic E-state index is 0.152. The van der Waals surface area contributed by atoms with Crippen molar-refractivity contribution in [2.75, 3.05) is 13.1 Å². The molecule has 4 nitrogen and oxygen atoms in total. The quantitative estimate of drug-likeness (QED) is 0.856. The predicted molar refractivity (Wildman–Crippen MR) is 73.5 cm³/mol. The normalized spacial score (nSPS) is 16.7. The van der Waals surface area contributed by atoms with Gasteiger partial charge in [0.05, 0.1) is 17.2 Å². The van der Waals surface area contributed by atoms with Crippen molar-refractivity contribution in [1.29, 1.82) is 0 Å². The molecule has 2 heterocycles. The Labute approximate surface area is 112 Å². The van der Waals surface area contributed by atoms with Crippen molar-refractivity contribution in [3.05, 3.63) is 16.1 Å². The predicted octanol–water partition coefficient (Wildman–Crippen LogP) is 1.85. The number of aromatic nitrogens is 1. The Morgan fingerprint density at radius 3 is 3.00 bits per heavy atom. The fourth-order valence-electron chi connectivity index (χ4n) is 2.27. The molecule has 1 saturated heterocycles. The Kier molecular flexibility index (Phi) is 5.13. The number of carbonyl (C=O) groups excluding carboxylic acids is 1. The number of amides is 1. The molecule has 0 unspecified atom stereocenters. The lowest BCUT2D eigenvalue weighted by molar-refractivity contribution is -0.121. The summed E-state index contributed by atoms with van der Waals surface area (Å²) in [6, 6.07) is 0. The summed E-state index contributed by atoms with van der Waals surface area (Å²) in [5.74, 6) is 0.873. The molecule has 0 bridgehead atoms. The van der Waals surface area contributed by atoms with E-state index in [0.29, 0.717) is 13.0 Å². The Balaban J connectivity index is 1.62. The molecule has 0 spiro atoms.